The predicted octanol–water partition coefficient (Wildman–Crippen LogP) is 8.42. The lowest BCUT2D eigenvalue weighted by Crippen LogP contribution is -2.39. The second-order valence-corrected chi connectivity index (χ2v) is 15.3. The number of rotatable bonds is 7. The number of carbonyl (C=O) groups is 1. The van der Waals surface area contributed by atoms with E-state index >= 15 is 0 Å². The highest BCUT2D eigenvalue weighted by molar-refractivity contribution is 5.88. The highest BCUT2D eigenvalue weighted by atomic mass is 16.5. The first-order valence-electron chi connectivity index (χ1n) is 16.6. The van der Waals surface area contributed by atoms with Gasteiger partial charge in [0.25, 0.3) is 0 Å². The number of aliphatic carboxylic acids is 1. The SMILES string of the molecule is Cc1cc(C)c(CN2CCc3cc(-c4c(C)nc(C)c([C@H](OC(C)(C)C)C(=O)O)c4N4CCC(C)(C)CC4)ccc3C2)cc1C. The maximum atomic E-state index is 12.8. The summed E-state index contributed by atoms with van der Waals surface area (Å²) in [6.07, 6.45) is 1.96. The van der Waals surface area contributed by atoms with Crippen molar-refractivity contribution in [3.63, 3.8) is 0 Å². The minimum atomic E-state index is -1.11. The Bertz CT molecular complexity index is 1590. The molecule has 0 bridgehead atoms. The molecule has 0 amide bonds. The largest absolute Gasteiger partial charge is 0.479 e. The number of ether oxygens (including phenoxy) is 1. The fourth-order valence-corrected chi connectivity index (χ4v) is 7.09. The van der Waals surface area contributed by atoms with Crippen molar-refractivity contribution in [1.82, 2.24) is 9.88 Å². The summed E-state index contributed by atoms with van der Waals surface area (Å²) in [7, 11) is 0. The number of piperidine rings is 1. The van der Waals surface area contributed by atoms with Gasteiger partial charge in [-0.05, 0) is 119 Å². The van der Waals surface area contributed by atoms with Gasteiger partial charge in [0.2, 0.25) is 0 Å². The fourth-order valence-electron chi connectivity index (χ4n) is 7.09. The smallest absolute Gasteiger partial charge is 0.337 e. The van der Waals surface area contributed by atoms with Crippen LogP contribution in [0.25, 0.3) is 11.1 Å². The highest BCUT2D eigenvalue weighted by Gasteiger charge is 2.36. The molecule has 1 aromatic heterocycles. The minimum Gasteiger partial charge on any atom is -0.479 e. The molecule has 6 heteroatoms. The maximum absolute atomic E-state index is 12.8. The number of fused-ring (bicyclic) bond motifs is 1. The van der Waals surface area contributed by atoms with Crippen LogP contribution in [0.2, 0.25) is 0 Å². The topological polar surface area (TPSA) is 65.9 Å². The van der Waals surface area contributed by atoms with Crippen LogP contribution < -0.4 is 4.90 Å². The Labute approximate surface area is 270 Å². The molecule has 2 aliphatic heterocycles. The second-order valence-electron chi connectivity index (χ2n) is 15.3. The van der Waals surface area contributed by atoms with Gasteiger partial charge in [0.05, 0.1) is 11.3 Å². The van der Waals surface area contributed by atoms with Crippen molar-refractivity contribution < 1.29 is 14.6 Å². The molecule has 0 unspecified atom stereocenters. The van der Waals surface area contributed by atoms with Crippen LogP contribution in [0.15, 0.2) is 30.3 Å². The van der Waals surface area contributed by atoms with E-state index in [4.69, 9.17) is 9.72 Å². The van der Waals surface area contributed by atoms with Gasteiger partial charge in [-0.2, -0.15) is 0 Å². The van der Waals surface area contributed by atoms with Gasteiger partial charge < -0.3 is 14.7 Å². The number of carboxylic acid groups (broad SMARTS) is 1. The molecule has 0 radical (unpaired) electrons. The van der Waals surface area contributed by atoms with E-state index in [1.807, 2.05) is 27.7 Å². The number of aromatic nitrogens is 1. The van der Waals surface area contributed by atoms with E-state index in [2.05, 4.69) is 81.7 Å². The molecule has 2 aromatic carbocycles. The van der Waals surface area contributed by atoms with Crippen molar-refractivity contribution >= 4 is 11.7 Å². The van der Waals surface area contributed by atoms with E-state index in [1.165, 1.54) is 33.4 Å². The zero-order valence-corrected chi connectivity index (χ0v) is 29.2. The summed E-state index contributed by atoms with van der Waals surface area (Å²) in [4.78, 5) is 22.8. The Morgan fingerprint density at radius 2 is 1.60 bits per heavy atom. The third-order valence-corrected chi connectivity index (χ3v) is 9.90. The number of anilines is 1. The monoisotopic (exact) mass is 611 g/mol. The van der Waals surface area contributed by atoms with E-state index in [1.54, 1.807) is 0 Å². The molecular formula is C39H53N3O3. The van der Waals surface area contributed by atoms with Crippen LogP contribution in [0.5, 0.6) is 0 Å². The lowest BCUT2D eigenvalue weighted by atomic mass is 9.81. The number of pyridine rings is 1. The van der Waals surface area contributed by atoms with Gasteiger partial charge in [0.15, 0.2) is 6.10 Å². The van der Waals surface area contributed by atoms with Gasteiger partial charge in [-0.25, -0.2) is 4.79 Å². The Balaban J connectivity index is 1.56. The van der Waals surface area contributed by atoms with Crippen LogP contribution in [0.1, 0.15) is 104 Å². The summed E-state index contributed by atoms with van der Waals surface area (Å²) in [5.74, 6) is -0.979. The average molecular weight is 612 g/mol. The van der Waals surface area contributed by atoms with Crippen molar-refractivity contribution in [2.75, 3.05) is 24.5 Å². The van der Waals surface area contributed by atoms with Crippen molar-refractivity contribution in [2.24, 2.45) is 5.41 Å². The number of nitrogens with zero attached hydrogens (tertiary/aromatic N) is 3. The molecule has 6 nitrogen and oxygen atoms in total. The van der Waals surface area contributed by atoms with Crippen molar-refractivity contribution in [1.29, 1.82) is 0 Å². The van der Waals surface area contributed by atoms with Crippen LogP contribution in [-0.2, 0) is 29.0 Å². The summed E-state index contributed by atoms with van der Waals surface area (Å²) >= 11 is 0. The number of benzene rings is 2. The van der Waals surface area contributed by atoms with E-state index in [0.717, 1.165) is 80.2 Å². The van der Waals surface area contributed by atoms with Crippen LogP contribution in [0.3, 0.4) is 0 Å². The number of aryl methyl sites for hydroxylation is 5. The van der Waals surface area contributed by atoms with Crippen LogP contribution in [0.4, 0.5) is 5.69 Å². The van der Waals surface area contributed by atoms with Crippen molar-refractivity contribution in [3.8, 4) is 11.1 Å². The third-order valence-electron chi connectivity index (χ3n) is 9.90. The summed E-state index contributed by atoms with van der Waals surface area (Å²) in [5, 5.41) is 10.5. The number of carboxylic acids is 1. The maximum Gasteiger partial charge on any atom is 0.337 e. The van der Waals surface area contributed by atoms with E-state index in [0.29, 0.717) is 5.56 Å². The highest BCUT2D eigenvalue weighted by Crippen LogP contribution is 2.45. The lowest BCUT2D eigenvalue weighted by molar-refractivity contribution is -0.160. The van der Waals surface area contributed by atoms with E-state index < -0.39 is 17.7 Å². The van der Waals surface area contributed by atoms with Gasteiger partial charge >= 0.3 is 5.97 Å². The molecule has 0 spiro atoms. The fraction of sp³-hybridized carbons (Fsp3) is 0.538. The summed E-state index contributed by atoms with van der Waals surface area (Å²) in [5.41, 5.74) is 13.3. The minimum absolute atomic E-state index is 0.259. The first-order chi connectivity index (χ1) is 21.0. The van der Waals surface area contributed by atoms with Gasteiger partial charge in [-0.15, -0.1) is 0 Å². The molecule has 1 N–H and O–H groups in total. The zero-order valence-electron chi connectivity index (χ0n) is 29.2. The standard InChI is InChI=1S/C39H53N3O3/c1-24-19-26(3)32(20-25(24)2)23-41-16-13-29-21-30(11-12-31(29)22-41)33-27(4)40-28(5)34(36(37(43)44)45-38(6,7)8)35(33)42-17-14-39(9,10)15-18-42/h11-12,19-21,36H,13-18,22-23H2,1-10H3,(H,43,44)/t36-/m0/s1. The zero-order chi connectivity index (χ0) is 32.8. The summed E-state index contributed by atoms with van der Waals surface area (Å²) in [6, 6.07) is 11.5. The lowest BCUT2D eigenvalue weighted by Gasteiger charge is -2.41. The molecule has 1 fully saturated rings. The van der Waals surface area contributed by atoms with Crippen molar-refractivity contribution in [2.45, 2.75) is 113 Å². The van der Waals surface area contributed by atoms with E-state index in [9.17, 15) is 9.90 Å². The molecule has 3 heterocycles. The van der Waals surface area contributed by atoms with Crippen LogP contribution in [0, 0.1) is 40.0 Å². The molecular weight excluding hydrogens is 558 g/mol. The van der Waals surface area contributed by atoms with Gasteiger partial charge in [-0.3, -0.25) is 9.88 Å². The number of hydrogen-bond acceptors (Lipinski definition) is 5. The molecule has 1 saturated heterocycles. The first kappa shape index (κ1) is 33.2. The Hall–Kier alpha value is -3.22. The quantitative estimate of drug-likeness (QED) is 0.289. The normalized spacial score (nSPS) is 17.7. The first-order valence-corrected chi connectivity index (χ1v) is 16.6. The van der Waals surface area contributed by atoms with Gasteiger partial charge in [0, 0.05) is 55.2 Å². The van der Waals surface area contributed by atoms with Crippen molar-refractivity contribution in [3.05, 3.63) is 80.7 Å². The summed E-state index contributed by atoms with van der Waals surface area (Å²) < 4.78 is 6.27. The average Bonchev–Trinajstić information content (AvgIpc) is 2.94. The molecule has 0 aliphatic carbocycles. The molecule has 2 aliphatic rings. The molecule has 45 heavy (non-hydrogen) atoms. The number of hydrogen-bond donors (Lipinski definition) is 1. The van der Waals surface area contributed by atoms with E-state index in [-0.39, 0.29) is 5.41 Å². The molecule has 0 saturated carbocycles. The van der Waals surface area contributed by atoms with Gasteiger partial charge in [0.1, 0.15) is 0 Å². The van der Waals surface area contributed by atoms with Gasteiger partial charge in [-0.1, -0.05) is 44.2 Å². The molecule has 1 atom stereocenters. The molecule has 5 rings (SSSR count). The second kappa shape index (κ2) is 12.5. The summed E-state index contributed by atoms with van der Waals surface area (Å²) in [6.45, 7) is 25.6. The molecule has 242 valence electrons. The Morgan fingerprint density at radius 1 is 0.933 bits per heavy atom. The molecule has 3 aromatic rings. The Kier molecular flexibility index (Phi) is 9.23. The van der Waals surface area contributed by atoms with Crippen LogP contribution >= 0.6 is 0 Å². The predicted molar refractivity (Wildman–Crippen MR) is 184 cm³/mol. The van der Waals surface area contributed by atoms with Crippen LogP contribution in [-0.4, -0.2) is 46.2 Å². The Morgan fingerprint density at radius 3 is 2.24 bits per heavy atom. The third kappa shape index (κ3) is 7.28.